The minimum Gasteiger partial charge on any atom is -0.448 e. The van der Waals surface area contributed by atoms with E-state index < -0.39 is 0 Å². The third kappa shape index (κ3) is 2.53. The number of hydrogen-bond donors (Lipinski definition) is 1. The molecule has 17 heavy (non-hydrogen) atoms. The van der Waals surface area contributed by atoms with Gasteiger partial charge in [-0.15, -0.1) is 5.10 Å². The molecule has 0 fully saturated rings. The lowest BCUT2D eigenvalue weighted by Crippen LogP contribution is -2.24. The Morgan fingerprint density at radius 1 is 1.59 bits per heavy atom. The van der Waals surface area contributed by atoms with Crippen LogP contribution in [0.15, 0.2) is 21.2 Å². The van der Waals surface area contributed by atoms with Crippen LogP contribution < -0.4 is 5.32 Å². The smallest absolute Gasteiger partial charge is 0.193 e. The molecule has 0 aromatic carbocycles. The van der Waals surface area contributed by atoms with Crippen LogP contribution in [0.25, 0.3) is 0 Å². The van der Waals surface area contributed by atoms with Crippen molar-refractivity contribution >= 4 is 27.5 Å². The lowest BCUT2D eigenvalue weighted by molar-refractivity contribution is 0.438. The highest BCUT2D eigenvalue weighted by Crippen LogP contribution is 2.29. The molecular weight excluding hydrogens is 307 g/mol. The quantitative estimate of drug-likeness (QED) is 0.941. The maximum atomic E-state index is 5.80. The normalized spacial score (nSPS) is 12.9. The van der Waals surface area contributed by atoms with Crippen LogP contribution in [-0.2, 0) is 7.05 Å². The van der Waals surface area contributed by atoms with Crippen molar-refractivity contribution in [1.82, 2.24) is 20.3 Å². The molecule has 0 saturated heterocycles. The molecule has 0 aliphatic carbocycles. The fourth-order valence-electron chi connectivity index (χ4n) is 1.66. The highest BCUT2D eigenvalue weighted by molar-refractivity contribution is 9.10. The fraction of sp³-hybridized carbons (Fsp3) is 0.400. The van der Waals surface area contributed by atoms with Gasteiger partial charge in [0.1, 0.15) is 11.8 Å². The van der Waals surface area contributed by atoms with Crippen LogP contribution in [0.3, 0.4) is 0 Å². The summed E-state index contributed by atoms with van der Waals surface area (Å²) in [5.41, 5.74) is 0.901. The van der Waals surface area contributed by atoms with Crippen molar-refractivity contribution < 1.29 is 4.42 Å². The van der Waals surface area contributed by atoms with Crippen molar-refractivity contribution in [2.45, 2.75) is 13.0 Å². The number of nitrogens with one attached hydrogen (secondary N) is 1. The van der Waals surface area contributed by atoms with E-state index in [-0.39, 0.29) is 6.04 Å². The topological polar surface area (TPSA) is 55.9 Å². The summed E-state index contributed by atoms with van der Waals surface area (Å²) in [5, 5.41) is 11.6. The molecular formula is C10H12BrClN4O. The van der Waals surface area contributed by atoms with Gasteiger partial charge in [-0.3, -0.25) is 0 Å². The van der Waals surface area contributed by atoms with Crippen molar-refractivity contribution in [3.63, 3.8) is 0 Å². The molecule has 2 heterocycles. The average Bonchev–Trinajstić information content (AvgIpc) is 2.84. The molecule has 0 aliphatic rings. The molecule has 1 N–H and O–H groups in total. The summed E-state index contributed by atoms with van der Waals surface area (Å²) in [6.07, 6.45) is 0. The van der Waals surface area contributed by atoms with E-state index in [1.165, 1.54) is 0 Å². The van der Waals surface area contributed by atoms with E-state index in [1.54, 1.807) is 10.7 Å². The maximum absolute atomic E-state index is 5.80. The van der Waals surface area contributed by atoms with Crippen LogP contribution in [0.5, 0.6) is 0 Å². The second-order valence-corrected chi connectivity index (χ2v) is 4.65. The molecule has 2 aromatic heterocycles. The Balaban J connectivity index is 2.42. The number of rotatable bonds is 4. The number of nitrogens with zero attached hydrogens (tertiary/aromatic N) is 3. The van der Waals surface area contributed by atoms with E-state index in [2.05, 4.69) is 31.6 Å². The average molecular weight is 320 g/mol. The van der Waals surface area contributed by atoms with E-state index in [4.69, 9.17) is 16.0 Å². The Bertz CT molecular complexity index is 491. The number of aromatic nitrogens is 3. The van der Waals surface area contributed by atoms with Crippen LogP contribution in [0.2, 0.25) is 5.22 Å². The third-order valence-corrected chi connectivity index (χ3v) is 3.15. The first-order valence-electron chi connectivity index (χ1n) is 5.17. The van der Waals surface area contributed by atoms with Gasteiger partial charge in [-0.2, -0.15) is 0 Å². The summed E-state index contributed by atoms with van der Waals surface area (Å²) >= 11 is 9.18. The van der Waals surface area contributed by atoms with Crippen LogP contribution in [-0.4, -0.2) is 21.5 Å². The first-order chi connectivity index (χ1) is 8.13. The number of halogens is 2. The van der Waals surface area contributed by atoms with Gasteiger partial charge >= 0.3 is 0 Å². The monoisotopic (exact) mass is 318 g/mol. The molecule has 0 aliphatic heterocycles. The summed E-state index contributed by atoms with van der Waals surface area (Å²) < 4.78 is 7.84. The molecule has 7 heteroatoms. The van der Waals surface area contributed by atoms with E-state index in [0.29, 0.717) is 9.82 Å². The largest absolute Gasteiger partial charge is 0.448 e. The first-order valence-corrected chi connectivity index (χ1v) is 6.34. The van der Waals surface area contributed by atoms with E-state index in [9.17, 15) is 0 Å². The molecule has 5 nitrogen and oxygen atoms in total. The van der Waals surface area contributed by atoms with Crippen LogP contribution in [0.4, 0.5) is 0 Å². The van der Waals surface area contributed by atoms with Gasteiger partial charge < -0.3 is 9.73 Å². The summed E-state index contributed by atoms with van der Waals surface area (Å²) in [4.78, 5) is 0. The van der Waals surface area contributed by atoms with Gasteiger partial charge in [0, 0.05) is 7.05 Å². The van der Waals surface area contributed by atoms with Gasteiger partial charge in [-0.05, 0) is 46.2 Å². The van der Waals surface area contributed by atoms with Gasteiger partial charge in [-0.25, -0.2) is 4.68 Å². The first kappa shape index (κ1) is 12.6. The zero-order chi connectivity index (χ0) is 12.4. The standard InChI is InChI=1S/C10H12BrClN4O/c1-3-13-8(6-4-5-7(12)17-6)9-10(11)14-15-16(9)2/h4-5,8,13H,3H2,1-2H3. The van der Waals surface area contributed by atoms with E-state index in [0.717, 1.165) is 18.0 Å². The van der Waals surface area contributed by atoms with Crippen LogP contribution in [0.1, 0.15) is 24.4 Å². The van der Waals surface area contributed by atoms with Crippen molar-refractivity contribution in [3.05, 3.63) is 33.4 Å². The lowest BCUT2D eigenvalue weighted by atomic mass is 10.1. The Morgan fingerprint density at radius 3 is 2.82 bits per heavy atom. The predicted octanol–water partition coefficient (Wildman–Crippen LogP) is 2.52. The van der Waals surface area contributed by atoms with Gasteiger partial charge in [0.05, 0.1) is 5.69 Å². The van der Waals surface area contributed by atoms with Gasteiger partial charge in [-0.1, -0.05) is 12.1 Å². The zero-order valence-corrected chi connectivity index (χ0v) is 11.8. The minimum absolute atomic E-state index is 0.123. The van der Waals surface area contributed by atoms with Crippen molar-refractivity contribution in [2.75, 3.05) is 6.54 Å². The molecule has 1 unspecified atom stereocenters. The molecule has 92 valence electrons. The molecule has 2 aromatic rings. The minimum atomic E-state index is -0.123. The number of hydrogen-bond acceptors (Lipinski definition) is 4. The molecule has 0 spiro atoms. The van der Waals surface area contributed by atoms with Gasteiger partial charge in [0.2, 0.25) is 0 Å². The molecule has 0 radical (unpaired) electrons. The van der Waals surface area contributed by atoms with Gasteiger partial charge in [0.25, 0.3) is 0 Å². The predicted molar refractivity (Wildman–Crippen MR) is 67.9 cm³/mol. The Hall–Kier alpha value is -0.850. The third-order valence-electron chi connectivity index (χ3n) is 2.39. The highest BCUT2D eigenvalue weighted by Gasteiger charge is 2.23. The van der Waals surface area contributed by atoms with Gasteiger partial charge in [0.15, 0.2) is 9.82 Å². The molecule has 2 rings (SSSR count). The highest BCUT2D eigenvalue weighted by atomic mass is 79.9. The Morgan fingerprint density at radius 2 is 2.35 bits per heavy atom. The number of aryl methyl sites for hydroxylation is 1. The number of furan rings is 1. The summed E-state index contributed by atoms with van der Waals surface area (Å²) in [5.74, 6) is 0.739. The second kappa shape index (κ2) is 5.20. The Kier molecular flexibility index (Phi) is 3.86. The zero-order valence-electron chi connectivity index (χ0n) is 9.44. The fourth-order valence-corrected chi connectivity index (χ4v) is 2.37. The van der Waals surface area contributed by atoms with Crippen LogP contribution >= 0.6 is 27.5 Å². The molecule has 0 amide bonds. The van der Waals surface area contributed by atoms with Crippen LogP contribution in [0, 0.1) is 0 Å². The maximum Gasteiger partial charge on any atom is 0.193 e. The summed E-state index contributed by atoms with van der Waals surface area (Å²) in [6, 6.07) is 3.44. The second-order valence-electron chi connectivity index (χ2n) is 3.52. The SMILES string of the molecule is CCNC(c1ccc(Cl)o1)c1c(Br)nnn1C. The molecule has 0 saturated carbocycles. The van der Waals surface area contributed by atoms with E-state index >= 15 is 0 Å². The van der Waals surface area contributed by atoms with Crippen molar-refractivity contribution in [1.29, 1.82) is 0 Å². The summed E-state index contributed by atoms with van der Waals surface area (Å²) in [7, 11) is 1.84. The summed E-state index contributed by atoms with van der Waals surface area (Å²) in [6.45, 7) is 2.82. The molecule has 0 bridgehead atoms. The lowest BCUT2D eigenvalue weighted by Gasteiger charge is -2.15. The van der Waals surface area contributed by atoms with Crippen molar-refractivity contribution in [2.24, 2.45) is 7.05 Å². The molecule has 1 atom stereocenters. The van der Waals surface area contributed by atoms with Crippen molar-refractivity contribution in [3.8, 4) is 0 Å². The van der Waals surface area contributed by atoms with E-state index in [1.807, 2.05) is 20.0 Å². The Labute approximate surface area is 112 Å².